The van der Waals surface area contributed by atoms with E-state index in [9.17, 15) is 4.79 Å². The van der Waals surface area contributed by atoms with Gasteiger partial charge < -0.3 is 9.67 Å². The number of nitrogens with zero attached hydrogens (tertiary/aromatic N) is 4. The molecule has 114 valence electrons. The highest BCUT2D eigenvalue weighted by molar-refractivity contribution is 7.99. The molecule has 2 aromatic heterocycles. The molecule has 1 saturated carbocycles. The summed E-state index contributed by atoms with van der Waals surface area (Å²) in [6, 6.07) is 0.375. The summed E-state index contributed by atoms with van der Waals surface area (Å²) in [4.78, 5) is 15.5. The fourth-order valence-electron chi connectivity index (χ4n) is 2.78. The zero-order chi connectivity index (χ0) is 15.4. The molecule has 7 heteroatoms. The van der Waals surface area contributed by atoms with Crippen LogP contribution in [0, 0.1) is 12.3 Å². The largest absolute Gasteiger partial charge is 0.481 e. The van der Waals surface area contributed by atoms with E-state index in [4.69, 9.17) is 5.11 Å². The van der Waals surface area contributed by atoms with Crippen LogP contribution in [0.3, 0.4) is 0 Å². The zero-order valence-corrected chi connectivity index (χ0v) is 13.6. The third-order valence-corrected chi connectivity index (χ3v) is 5.05. The Balaban J connectivity index is 2.13. The van der Waals surface area contributed by atoms with Gasteiger partial charge >= 0.3 is 5.97 Å². The highest BCUT2D eigenvalue weighted by atomic mass is 32.2. The van der Waals surface area contributed by atoms with Crippen molar-refractivity contribution in [2.45, 2.75) is 51.9 Å². The third-order valence-electron chi connectivity index (χ3n) is 4.11. The molecule has 3 rings (SSSR count). The number of aliphatic carboxylic acids is 1. The number of hydrogen-bond donors (Lipinski definition) is 1. The average Bonchev–Trinajstić information content (AvgIpc) is 2.78. The molecular weight excluding hydrogens is 288 g/mol. The number of thioether (sulfide) groups is 1. The summed E-state index contributed by atoms with van der Waals surface area (Å²) in [6.45, 7) is 9.26. The summed E-state index contributed by atoms with van der Waals surface area (Å²) in [5, 5.41) is 14.3. The quantitative estimate of drug-likeness (QED) is 0.860. The molecular formula is C14H20N4O2S. The molecule has 6 nitrogen and oxygen atoms in total. The molecule has 0 amide bonds. The van der Waals surface area contributed by atoms with Crippen molar-refractivity contribution in [1.82, 2.24) is 19.3 Å². The predicted octanol–water partition coefficient (Wildman–Crippen LogP) is 2.71. The van der Waals surface area contributed by atoms with E-state index in [0.29, 0.717) is 6.04 Å². The van der Waals surface area contributed by atoms with Crippen molar-refractivity contribution in [1.29, 1.82) is 0 Å². The van der Waals surface area contributed by atoms with E-state index in [1.807, 2.05) is 11.6 Å². The van der Waals surface area contributed by atoms with Crippen LogP contribution in [-0.4, -0.2) is 36.2 Å². The van der Waals surface area contributed by atoms with E-state index in [2.05, 4.69) is 35.4 Å². The lowest BCUT2D eigenvalue weighted by Crippen LogP contribution is -2.09. The van der Waals surface area contributed by atoms with Crippen molar-refractivity contribution in [3.8, 4) is 0 Å². The molecule has 0 aliphatic heterocycles. The van der Waals surface area contributed by atoms with Gasteiger partial charge in [0.05, 0.1) is 11.4 Å². The first-order chi connectivity index (χ1) is 9.85. The molecule has 0 saturated heterocycles. The molecule has 2 heterocycles. The van der Waals surface area contributed by atoms with Crippen molar-refractivity contribution in [2.24, 2.45) is 5.41 Å². The van der Waals surface area contributed by atoms with Crippen LogP contribution in [0.1, 0.15) is 38.9 Å². The highest BCUT2D eigenvalue weighted by Gasteiger charge is 2.49. The van der Waals surface area contributed by atoms with E-state index >= 15 is 0 Å². The lowest BCUT2D eigenvalue weighted by atomic mass is 10.2. The van der Waals surface area contributed by atoms with Gasteiger partial charge in [0.15, 0.2) is 10.8 Å². The van der Waals surface area contributed by atoms with E-state index in [0.717, 1.165) is 35.0 Å². The Kier molecular flexibility index (Phi) is 3.27. The fraction of sp³-hybridized carbons (Fsp3) is 0.643. The van der Waals surface area contributed by atoms with Crippen LogP contribution in [0.5, 0.6) is 0 Å². The summed E-state index contributed by atoms with van der Waals surface area (Å²) >= 11 is 1.29. The second-order valence-electron chi connectivity index (χ2n) is 6.23. The topological polar surface area (TPSA) is 72.9 Å². The van der Waals surface area contributed by atoms with Crippen LogP contribution in [0.2, 0.25) is 0 Å². The Morgan fingerprint density at radius 1 is 1.52 bits per heavy atom. The number of imidazole rings is 1. The molecule has 1 aliphatic carbocycles. The molecule has 2 aromatic rings. The number of rotatable bonds is 5. The summed E-state index contributed by atoms with van der Waals surface area (Å²) in [5.41, 5.74) is 3.07. The minimum atomic E-state index is -0.817. The lowest BCUT2D eigenvalue weighted by molar-refractivity contribution is -0.133. The van der Waals surface area contributed by atoms with Crippen molar-refractivity contribution in [2.75, 3.05) is 5.75 Å². The monoisotopic (exact) mass is 308 g/mol. The Hall–Kier alpha value is -1.50. The predicted molar refractivity (Wildman–Crippen MR) is 81.7 cm³/mol. The molecule has 1 atom stereocenters. The third kappa shape index (κ3) is 2.33. The summed E-state index contributed by atoms with van der Waals surface area (Å²) < 4.78 is 4.17. The van der Waals surface area contributed by atoms with Crippen LogP contribution in [0.25, 0.3) is 11.2 Å². The molecule has 1 N–H and O–H groups in total. The van der Waals surface area contributed by atoms with E-state index in [1.165, 1.54) is 11.8 Å². The standard InChI is InChI=1S/C14H20N4O2S/c1-5-17-12-11(8(2)16-17)15-13(21-7-10(19)20)18(12)9-6-14(9,3)4/h9H,5-7H2,1-4H3,(H,19,20). The van der Waals surface area contributed by atoms with Gasteiger partial charge in [-0.2, -0.15) is 5.10 Å². The Bertz CT molecular complexity index is 716. The van der Waals surface area contributed by atoms with Gasteiger partial charge in [0, 0.05) is 12.6 Å². The van der Waals surface area contributed by atoms with Crippen LogP contribution < -0.4 is 0 Å². The van der Waals surface area contributed by atoms with Gasteiger partial charge in [-0.15, -0.1) is 0 Å². The normalized spacial score (nSPS) is 20.1. The van der Waals surface area contributed by atoms with Crippen LogP contribution in [0.15, 0.2) is 5.16 Å². The second-order valence-corrected chi connectivity index (χ2v) is 7.17. The van der Waals surface area contributed by atoms with E-state index in [-0.39, 0.29) is 11.2 Å². The number of carboxylic acids is 1. The summed E-state index contributed by atoms with van der Waals surface area (Å²) in [5.74, 6) is -0.784. The number of hydrogen-bond acceptors (Lipinski definition) is 4. The van der Waals surface area contributed by atoms with Gasteiger partial charge in [-0.3, -0.25) is 4.79 Å². The maximum atomic E-state index is 10.9. The molecule has 1 unspecified atom stereocenters. The van der Waals surface area contributed by atoms with Gasteiger partial charge in [-0.1, -0.05) is 25.6 Å². The van der Waals surface area contributed by atoms with Crippen molar-refractivity contribution in [3.63, 3.8) is 0 Å². The Labute approximate surface area is 127 Å². The maximum absolute atomic E-state index is 10.9. The van der Waals surface area contributed by atoms with Gasteiger partial charge in [0.1, 0.15) is 5.52 Å². The molecule has 1 fully saturated rings. The molecule has 0 radical (unpaired) electrons. The molecule has 0 spiro atoms. The molecule has 21 heavy (non-hydrogen) atoms. The lowest BCUT2D eigenvalue weighted by Gasteiger charge is -2.11. The number of carbonyl (C=O) groups is 1. The average molecular weight is 308 g/mol. The molecule has 0 aromatic carbocycles. The summed E-state index contributed by atoms with van der Waals surface area (Å²) in [6.07, 6.45) is 1.09. The van der Waals surface area contributed by atoms with Crippen molar-refractivity contribution >= 4 is 28.9 Å². The highest BCUT2D eigenvalue weighted by Crippen LogP contribution is 2.57. The first kappa shape index (κ1) is 14.4. The van der Waals surface area contributed by atoms with Gasteiger partial charge in [-0.05, 0) is 25.7 Å². The minimum Gasteiger partial charge on any atom is -0.481 e. The Morgan fingerprint density at radius 3 is 2.71 bits per heavy atom. The first-order valence-corrected chi connectivity index (χ1v) is 8.13. The maximum Gasteiger partial charge on any atom is 0.313 e. The van der Waals surface area contributed by atoms with Crippen LogP contribution in [-0.2, 0) is 11.3 Å². The van der Waals surface area contributed by atoms with Crippen LogP contribution in [0.4, 0.5) is 0 Å². The second kappa shape index (κ2) is 4.76. The van der Waals surface area contributed by atoms with Gasteiger partial charge in [-0.25, -0.2) is 9.67 Å². The minimum absolute atomic E-state index is 0.0331. The zero-order valence-electron chi connectivity index (χ0n) is 12.8. The first-order valence-electron chi connectivity index (χ1n) is 7.15. The summed E-state index contributed by atoms with van der Waals surface area (Å²) in [7, 11) is 0. The van der Waals surface area contributed by atoms with Crippen molar-refractivity contribution in [3.05, 3.63) is 5.69 Å². The SMILES string of the molecule is CCn1nc(C)c2nc(SCC(=O)O)n(C3CC3(C)C)c21. The van der Waals surface area contributed by atoms with Crippen molar-refractivity contribution < 1.29 is 9.90 Å². The molecule has 1 aliphatic rings. The van der Waals surface area contributed by atoms with Gasteiger partial charge in [0.25, 0.3) is 0 Å². The smallest absolute Gasteiger partial charge is 0.313 e. The van der Waals surface area contributed by atoms with Crippen LogP contribution >= 0.6 is 11.8 Å². The van der Waals surface area contributed by atoms with E-state index < -0.39 is 5.97 Å². The van der Waals surface area contributed by atoms with Gasteiger partial charge in [0.2, 0.25) is 0 Å². The number of fused-ring (bicyclic) bond motifs is 1. The number of carboxylic acid groups (broad SMARTS) is 1. The Morgan fingerprint density at radius 2 is 2.19 bits per heavy atom. The molecule has 0 bridgehead atoms. The number of aromatic nitrogens is 4. The number of aryl methyl sites for hydroxylation is 2. The van der Waals surface area contributed by atoms with E-state index in [1.54, 1.807) is 0 Å². The fourth-order valence-corrected chi connectivity index (χ4v) is 3.54.